The Morgan fingerprint density at radius 3 is 2.83 bits per heavy atom. The molecule has 116 valence electrons. The second-order valence-corrected chi connectivity index (χ2v) is 5.52. The van der Waals surface area contributed by atoms with Gasteiger partial charge in [-0.1, -0.05) is 30.3 Å². The zero-order chi connectivity index (χ0) is 16.2. The van der Waals surface area contributed by atoms with Crippen LogP contribution in [0.4, 0.5) is 5.69 Å². The van der Waals surface area contributed by atoms with Gasteiger partial charge >= 0.3 is 0 Å². The molecule has 0 saturated heterocycles. The van der Waals surface area contributed by atoms with Gasteiger partial charge in [-0.25, -0.2) is 0 Å². The number of amides is 1. The minimum Gasteiger partial charge on any atom is -0.483 e. The maximum atomic E-state index is 12.1. The van der Waals surface area contributed by atoms with Crippen LogP contribution in [0.5, 0.6) is 5.75 Å². The van der Waals surface area contributed by atoms with Crippen LogP contribution >= 0.6 is 0 Å². The minimum atomic E-state index is -0.206. The first-order valence-corrected chi connectivity index (χ1v) is 7.46. The van der Waals surface area contributed by atoms with Gasteiger partial charge in [0.1, 0.15) is 5.75 Å². The third-order valence-corrected chi connectivity index (χ3v) is 3.58. The number of carbonyl (C=O) groups is 1. The van der Waals surface area contributed by atoms with Crippen molar-refractivity contribution >= 4 is 22.5 Å². The molecule has 0 radical (unpaired) electrons. The van der Waals surface area contributed by atoms with E-state index in [4.69, 9.17) is 4.74 Å². The first-order valence-electron chi connectivity index (χ1n) is 7.46. The third kappa shape index (κ3) is 3.66. The second kappa shape index (κ2) is 6.48. The summed E-state index contributed by atoms with van der Waals surface area (Å²) in [7, 11) is 0. The summed E-state index contributed by atoms with van der Waals surface area (Å²) in [4.78, 5) is 16.4. The van der Waals surface area contributed by atoms with Crippen LogP contribution in [0.25, 0.3) is 10.9 Å². The molecule has 3 aromatic rings. The molecule has 1 amide bonds. The van der Waals surface area contributed by atoms with Gasteiger partial charge in [-0.3, -0.25) is 9.78 Å². The predicted molar refractivity (Wildman–Crippen MR) is 91.8 cm³/mol. The van der Waals surface area contributed by atoms with E-state index < -0.39 is 0 Å². The van der Waals surface area contributed by atoms with Crippen molar-refractivity contribution in [1.29, 1.82) is 0 Å². The number of aryl methyl sites for hydroxylation is 2. The molecule has 0 aliphatic heterocycles. The van der Waals surface area contributed by atoms with E-state index in [1.165, 1.54) is 0 Å². The zero-order valence-electron chi connectivity index (χ0n) is 13.2. The number of pyridine rings is 1. The van der Waals surface area contributed by atoms with E-state index in [1.807, 2.05) is 62.4 Å². The number of hydrogen-bond acceptors (Lipinski definition) is 3. The Morgan fingerprint density at radius 2 is 1.96 bits per heavy atom. The highest BCUT2D eigenvalue weighted by atomic mass is 16.5. The molecule has 2 aromatic carbocycles. The summed E-state index contributed by atoms with van der Waals surface area (Å²) in [5, 5.41) is 3.80. The highest BCUT2D eigenvalue weighted by Gasteiger charge is 2.07. The molecule has 0 unspecified atom stereocenters. The molecular weight excluding hydrogens is 288 g/mol. The number of nitrogens with zero attached hydrogens (tertiary/aromatic N) is 1. The number of fused-ring (bicyclic) bond motifs is 1. The lowest BCUT2D eigenvalue weighted by molar-refractivity contribution is -0.118. The van der Waals surface area contributed by atoms with Gasteiger partial charge in [0.2, 0.25) is 0 Å². The van der Waals surface area contributed by atoms with Crippen molar-refractivity contribution in [2.45, 2.75) is 13.8 Å². The smallest absolute Gasteiger partial charge is 0.262 e. The summed E-state index contributed by atoms with van der Waals surface area (Å²) >= 11 is 0. The SMILES string of the molecule is Cc1ccc(C)c(OCC(=O)Nc2cnc3ccccc3c2)c1. The molecule has 1 N–H and O–H groups in total. The van der Waals surface area contributed by atoms with Gasteiger partial charge in [-0.05, 0) is 43.2 Å². The van der Waals surface area contributed by atoms with Gasteiger partial charge < -0.3 is 10.1 Å². The van der Waals surface area contributed by atoms with E-state index in [-0.39, 0.29) is 12.5 Å². The molecule has 23 heavy (non-hydrogen) atoms. The Bertz CT molecular complexity index is 859. The van der Waals surface area contributed by atoms with Gasteiger partial charge in [-0.2, -0.15) is 0 Å². The fraction of sp³-hybridized carbons (Fsp3) is 0.158. The molecule has 0 fully saturated rings. The fourth-order valence-corrected chi connectivity index (χ4v) is 2.34. The van der Waals surface area contributed by atoms with Gasteiger partial charge in [-0.15, -0.1) is 0 Å². The molecule has 0 bridgehead atoms. The van der Waals surface area contributed by atoms with Crippen LogP contribution < -0.4 is 10.1 Å². The molecule has 0 spiro atoms. The lowest BCUT2D eigenvalue weighted by atomic mass is 10.1. The van der Waals surface area contributed by atoms with Gasteiger partial charge in [0.05, 0.1) is 17.4 Å². The van der Waals surface area contributed by atoms with Gasteiger partial charge in [0.25, 0.3) is 5.91 Å². The summed E-state index contributed by atoms with van der Waals surface area (Å²) < 4.78 is 5.61. The average molecular weight is 306 g/mol. The van der Waals surface area contributed by atoms with Gasteiger partial charge in [0.15, 0.2) is 6.61 Å². The summed E-state index contributed by atoms with van der Waals surface area (Å²) in [6.45, 7) is 3.92. The highest BCUT2D eigenvalue weighted by molar-refractivity contribution is 5.94. The van der Waals surface area contributed by atoms with E-state index in [1.54, 1.807) is 6.20 Å². The molecule has 0 saturated carbocycles. The Balaban J connectivity index is 1.65. The van der Waals surface area contributed by atoms with Crippen molar-refractivity contribution in [2.24, 2.45) is 0 Å². The number of anilines is 1. The molecule has 3 rings (SSSR count). The van der Waals surface area contributed by atoms with Crippen molar-refractivity contribution < 1.29 is 9.53 Å². The predicted octanol–water partition coefficient (Wildman–Crippen LogP) is 3.87. The topological polar surface area (TPSA) is 51.2 Å². The molecule has 4 nitrogen and oxygen atoms in total. The number of ether oxygens (including phenoxy) is 1. The Hall–Kier alpha value is -2.88. The molecule has 0 aliphatic rings. The molecule has 1 heterocycles. The Kier molecular flexibility index (Phi) is 4.24. The second-order valence-electron chi connectivity index (χ2n) is 5.52. The van der Waals surface area contributed by atoms with Crippen LogP contribution in [0.15, 0.2) is 54.7 Å². The number of benzene rings is 2. The number of hydrogen-bond donors (Lipinski definition) is 1. The van der Waals surface area contributed by atoms with Crippen LogP contribution in [0.1, 0.15) is 11.1 Å². The van der Waals surface area contributed by atoms with Crippen LogP contribution in [0, 0.1) is 13.8 Å². The Morgan fingerprint density at radius 1 is 1.13 bits per heavy atom. The van der Waals surface area contributed by atoms with Crippen LogP contribution in [0.2, 0.25) is 0 Å². The molecule has 0 atom stereocenters. The first-order chi connectivity index (χ1) is 11.1. The van der Waals surface area contributed by atoms with E-state index in [9.17, 15) is 4.79 Å². The van der Waals surface area contributed by atoms with Crippen LogP contribution in [0.3, 0.4) is 0 Å². The van der Waals surface area contributed by atoms with Crippen molar-refractivity contribution in [3.63, 3.8) is 0 Å². The average Bonchev–Trinajstić information content (AvgIpc) is 2.55. The fourth-order valence-electron chi connectivity index (χ4n) is 2.34. The lowest BCUT2D eigenvalue weighted by Gasteiger charge is -2.10. The molecule has 1 aromatic heterocycles. The number of rotatable bonds is 4. The quantitative estimate of drug-likeness (QED) is 0.796. The number of nitrogens with one attached hydrogen (secondary N) is 1. The molecule has 0 aliphatic carbocycles. The Labute approximate surface area is 135 Å². The largest absolute Gasteiger partial charge is 0.483 e. The first kappa shape index (κ1) is 15.0. The molecular formula is C19H18N2O2. The highest BCUT2D eigenvalue weighted by Crippen LogP contribution is 2.19. The van der Waals surface area contributed by atoms with Crippen molar-refractivity contribution in [3.05, 3.63) is 65.9 Å². The maximum Gasteiger partial charge on any atom is 0.262 e. The van der Waals surface area contributed by atoms with Gasteiger partial charge in [0, 0.05) is 5.39 Å². The third-order valence-electron chi connectivity index (χ3n) is 3.58. The number of para-hydroxylation sites is 1. The van der Waals surface area contributed by atoms with Crippen LogP contribution in [-0.4, -0.2) is 17.5 Å². The summed E-state index contributed by atoms with van der Waals surface area (Å²) in [5.74, 6) is 0.528. The number of aromatic nitrogens is 1. The summed E-state index contributed by atoms with van der Waals surface area (Å²) in [6.07, 6.45) is 1.65. The molecule has 4 heteroatoms. The van der Waals surface area contributed by atoms with E-state index in [0.29, 0.717) is 5.69 Å². The van der Waals surface area contributed by atoms with Crippen molar-refractivity contribution in [1.82, 2.24) is 4.98 Å². The standard InChI is InChI=1S/C19H18N2O2/c1-13-7-8-14(2)18(9-13)23-12-19(22)21-16-10-15-5-3-4-6-17(15)20-11-16/h3-11H,12H2,1-2H3,(H,21,22). The maximum absolute atomic E-state index is 12.1. The van der Waals surface area contributed by atoms with Crippen molar-refractivity contribution in [2.75, 3.05) is 11.9 Å². The zero-order valence-corrected chi connectivity index (χ0v) is 13.2. The van der Waals surface area contributed by atoms with Crippen molar-refractivity contribution in [3.8, 4) is 5.75 Å². The lowest BCUT2D eigenvalue weighted by Crippen LogP contribution is -2.20. The normalized spacial score (nSPS) is 10.5. The van der Waals surface area contributed by atoms with E-state index >= 15 is 0 Å². The number of carbonyl (C=O) groups excluding carboxylic acids is 1. The van der Waals surface area contributed by atoms with E-state index in [2.05, 4.69) is 10.3 Å². The minimum absolute atomic E-state index is 0.0306. The summed E-state index contributed by atoms with van der Waals surface area (Å²) in [5.41, 5.74) is 3.68. The monoisotopic (exact) mass is 306 g/mol. The van der Waals surface area contributed by atoms with Crippen LogP contribution in [-0.2, 0) is 4.79 Å². The summed E-state index contributed by atoms with van der Waals surface area (Å²) in [6, 6.07) is 15.6. The van der Waals surface area contributed by atoms with E-state index in [0.717, 1.165) is 27.8 Å².